The SMILES string of the molecule is CCC1O[C@H]2O[C@@H]3C(CO)O[C@H](O[C@@H]4C(CO)O[C@H](O[C@@H]5C(CO)O[C@H](O[C@@H]6C(CSCCN)O[C@H](O[C@@H]7C(CO)O[C@@H](O[C@@H]8C(CO)O[C@@H](O[C@H]1[C@H](O)C2O)C(O)[C@H]8O)C(O)[C@H]7O)C(O)[C@H]6O)C(O)[C@H]5O)C(O)[C@H]4O)C(O)[C@H]3O. The number of hydrogen-bond acceptors (Lipinski definition) is 35. The summed E-state index contributed by atoms with van der Waals surface area (Å²) in [5, 5.41) is 212. The van der Waals surface area contributed by atoms with Crippen molar-refractivity contribution < 1.29 is 163 Å². The van der Waals surface area contributed by atoms with E-state index in [2.05, 4.69) is 0 Å². The van der Waals surface area contributed by atoms with Crippen LogP contribution in [0, 0.1) is 0 Å². The highest BCUT2D eigenvalue weighted by Crippen LogP contribution is 2.39. The Morgan fingerprint density at radius 2 is 0.463 bits per heavy atom. The minimum Gasteiger partial charge on any atom is -0.394 e. The fourth-order valence-corrected chi connectivity index (χ4v) is 11.7. The number of rotatable bonds is 10. The molecule has 21 aliphatic rings. The van der Waals surface area contributed by atoms with E-state index in [1.54, 1.807) is 6.92 Å². The van der Waals surface area contributed by atoms with Crippen LogP contribution in [0.4, 0.5) is 0 Å². The van der Waals surface area contributed by atoms with Gasteiger partial charge in [0.05, 0.1) is 45.2 Å². The van der Waals surface area contributed by atoms with Crippen LogP contribution in [0.15, 0.2) is 0 Å². The third-order valence-electron chi connectivity index (χ3n) is 15.4. The second-order valence-corrected chi connectivity index (χ2v) is 21.7. The van der Waals surface area contributed by atoms with Crippen LogP contribution in [-0.4, -0.2) is 363 Å². The van der Waals surface area contributed by atoms with Gasteiger partial charge in [-0.2, -0.15) is 11.8 Å². The molecule has 14 bridgehead atoms. The molecule has 35 atom stereocenters. The summed E-state index contributed by atoms with van der Waals surface area (Å²) in [4.78, 5) is 0. The summed E-state index contributed by atoms with van der Waals surface area (Å²) in [6.45, 7) is -3.29. The highest BCUT2D eigenvalue weighted by atomic mass is 32.2. The Bertz CT molecular complexity index is 1880. The summed E-state index contributed by atoms with van der Waals surface area (Å²) >= 11 is 1.16. The minimum atomic E-state index is -2.17. The van der Waals surface area contributed by atoms with E-state index in [0.29, 0.717) is 5.75 Å². The van der Waals surface area contributed by atoms with Crippen molar-refractivity contribution in [3.63, 3.8) is 0 Å². The normalized spacial score (nSPS) is 53.7. The average Bonchev–Trinajstić information content (AvgIpc) is 3.50. The van der Waals surface area contributed by atoms with Crippen molar-refractivity contribution in [2.75, 3.05) is 51.1 Å². The molecule has 0 aromatic carbocycles. The average molecular weight is 1190 g/mol. The van der Waals surface area contributed by atoms with Crippen molar-refractivity contribution in [3.05, 3.63) is 0 Å². The van der Waals surface area contributed by atoms with E-state index in [0.717, 1.165) is 11.8 Å². The first kappa shape index (κ1) is 65.0. The molecule has 35 heteroatoms. The zero-order valence-corrected chi connectivity index (χ0v) is 43.6. The van der Waals surface area contributed by atoms with Crippen molar-refractivity contribution in [1.29, 1.82) is 0 Å². The van der Waals surface area contributed by atoms with E-state index in [1.807, 2.05) is 0 Å². The molecule has 21 aliphatic heterocycles. The highest BCUT2D eigenvalue weighted by molar-refractivity contribution is 7.99. The first-order valence-electron chi connectivity index (χ1n) is 26.2. The third kappa shape index (κ3) is 13.1. The molecule has 21 rings (SSSR count). The standard InChI is InChI=1S/C45H77NO33S/c1-2-11-32-18(52)25(59)39(66-11)74-33-12(5-47)68-41(27(61)20(33)54)76-35-14(7-49)69-42(28(62)21(35)55)77-36-15(8-50)71-44(30(64)23(36)57)79-38-17(10-80-4-3-46)72-45(31(65)24(38)58)78-37-16(9-51)70-43(29(63)22(37)56)75-34-13(6-48)67-40(73-32)26(60)19(34)53/h11-45,47-65H,2-10,46H2,1H3/t11?,12?,13?,14?,15?,16?,17?,18-,19-,20-,21-,22-,23-,24-,25?,26?,27?,28?,29?,30?,31?,32-,33-,34-,35-,36-,37-,38-,39+,40+,41-,42-,43+,44-,45-/m1/s1. The second kappa shape index (κ2) is 28.2. The lowest BCUT2D eigenvalue weighted by Crippen LogP contribution is -2.68. The summed E-state index contributed by atoms with van der Waals surface area (Å²) in [5.74, 6) is 0.209. The summed E-state index contributed by atoms with van der Waals surface area (Å²) in [7, 11) is 0. The molecule has 21 N–H and O–H groups in total. The lowest BCUT2D eigenvalue weighted by molar-refractivity contribution is -0.395. The van der Waals surface area contributed by atoms with Gasteiger partial charge in [-0.25, -0.2) is 0 Å². The van der Waals surface area contributed by atoms with E-state index in [9.17, 15) is 97.0 Å². The molecule has 0 amide bonds. The molecule has 466 valence electrons. The van der Waals surface area contributed by atoms with Gasteiger partial charge in [-0.3, -0.25) is 0 Å². The maximum atomic E-state index is 11.6. The van der Waals surface area contributed by atoms with Gasteiger partial charge in [0, 0.05) is 18.1 Å². The Morgan fingerprint density at radius 1 is 0.275 bits per heavy atom. The molecule has 0 aliphatic carbocycles. The van der Waals surface area contributed by atoms with Gasteiger partial charge in [-0.15, -0.1) is 0 Å². The van der Waals surface area contributed by atoms with Gasteiger partial charge in [0.1, 0.15) is 159 Å². The van der Waals surface area contributed by atoms with Crippen LogP contribution in [-0.2, 0) is 66.3 Å². The molecule has 34 nitrogen and oxygen atoms in total. The van der Waals surface area contributed by atoms with E-state index in [1.165, 1.54) is 0 Å². The molecule has 21 heterocycles. The van der Waals surface area contributed by atoms with Crippen LogP contribution in [0.1, 0.15) is 13.3 Å². The summed E-state index contributed by atoms with van der Waals surface area (Å²) in [6.07, 6.45) is -66.6. The maximum absolute atomic E-state index is 11.6. The van der Waals surface area contributed by atoms with Gasteiger partial charge in [0.15, 0.2) is 44.0 Å². The Labute approximate surface area is 459 Å². The molecule has 0 aromatic heterocycles. The summed E-state index contributed by atoms with van der Waals surface area (Å²) < 4.78 is 81.7. The monoisotopic (exact) mass is 1190 g/mol. The molecule has 0 saturated carbocycles. The maximum Gasteiger partial charge on any atom is 0.187 e. The molecule has 0 aromatic rings. The van der Waals surface area contributed by atoms with Gasteiger partial charge in [-0.05, 0) is 6.42 Å². The number of hydrogen-bond donors (Lipinski definition) is 20. The predicted molar refractivity (Wildman–Crippen MR) is 251 cm³/mol. The van der Waals surface area contributed by atoms with Crippen LogP contribution >= 0.6 is 11.8 Å². The number of aliphatic hydroxyl groups excluding tert-OH is 19. The topological polar surface area (TPSA) is 540 Å². The molecular formula is C45H77NO33S. The molecule has 0 radical (unpaired) electrons. The fourth-order valence-electron chi connectivity index (χ4n) is 10.9. The van der Waals surface area contributed by atoms with E-state index < -0.39 is 248 Å². The first-order chi connectivity index (χ1) is 38.2. The fraction of sp³-hybridized carbons (Fsp3) is 1.00. The smallest absolute Gasteiger partial charge is 0.187 e. The third-order valence-corrected chi connectivity index (χ3v) is 16.5. The van der Waals surface area contributed by atoms with Gasteiger partial charge in [0.25, 0.3) is 0 Å². The van der Waals surface area contributed by atoms with Crippen LogP contribution in [0.5, 0.6) is 0 Å². The second-order valence-electron chi connectivity index (χ2n) is 20.6. The zero-order valence-electron chi connectivity index (χ0n) is 42.8. The number of thioether (sulfide) groups is 1. The van der Waals surface area contributed by atoms with E-state index >= 15 is 0 Å². The van der Waals surface area contributed by atoms with Gasteiger partial charge >= 0.3 is 0 Å². The molecule has 21 saturated heterocycles. The number of nitrogens with two attached hydrogens (primary N) is 1. The lowest BCUT2D eigenvalue weighted by atomic mass is 9.94. The zero-order chi connectivity index (χ0) is 58.2. The molecular weight excluding hydrogens is 1110 g/mol. The Balaban J connectivity index is 1.09. The van der Waals surface area contributed by atoms with E-state index in [-0.39, 0.29) is 18.7 Å². The largest absolute Gasteiger partial charge is 0.394 e. The quantitative estimate of drug-likeness (QED) is 0.0903. The van der Waals surface area contributed by atoms with Crippen LogP contribution in [0.3, 0.4) is 0 Å². The summed E-state index contributed by atoms with van der Waals surface area (Å²) in [6, 6.07) is 0. The Kier molecular flexibility index (Phi) is 22.9. The number of ether oxygens (including phenoxy) is 14. The molecule has 80 heavy (non-hydrogen) atoms. The van der Waals surface area contributed by atoms with Crippen molar-refractivity contribution in [1.82, 2.24) is 0 Å². The molecule has 21 fully saturated rings. The van der Waals surface area contributed by atoms with Crippen LogP contribution < -0.4 is 5.73 Å². The Morgan fingerprint density at radius 3 is 0.662 bits per heavy atom. The molecule has 14 unspecified atom stereocenters. The summed E-state index contributed by atoms with van der Waals surface area (Å²) in [5.41, 5.74) is 5.71. The highest BCUT2D eigenvalue weighted by Gasteiger charge is 2.59. The predicted octanol–water partition coefficient (Wildman–Crippen LogP) is -13.1. The lowest BCUT2D eigenvalue weighted by Gasteiger charge is -2.50. The van der Waals surface area contributed by atoms with E-state index in [4.69, 9.17) is 72.0 Å². The van der Waals surface area contributed by atoms with Crippen molar-refractivity contribution in [3.8, 4) is 0 Å². The van der Waals surface area contributed by atoms with Gasteiger partial charge in [-0.1, -0.05) is 6.92 Å². The first-order valence-corrected chi connectivity index (χ1v) is 27.3. The van der Waals surface area contributed by atoms with Crippen LogP contribution in [0.25, 0.3) is 0 Å². The molecule has 0 spiro atoms. The number of aliphatic hydroxyl groups is 19. The van der Waals surface area contributed by atoms with Crippen molar-refractivity contribution in [2.45, 2.75) is 228 Å². The van der Waals surface area contributed by atoms with Gasteiger partial charge in [0.2, 0.25) is 0 Å². The van der Waals surface area contributed by atoms with Crippen LogP contribution in [0.2, 0.25) is 0 Å². The van der Waals surface area contributed by atoms with Crippen molar-refractivity contribution in [2.24, 2.45) is 5.73 Å². The Hall–Kier alpha value is -1.01. The minimum absolute atomic E-state index is 0.0404. The van der Waals surface area contributed by atoms with Crippen molar-refractivity contribution >= 4 is 11.8 Å². The van der Waals surface area contributed by atoms with Gasteiger partial charge < -0.3 is 169 Å².